The SMILES string of the molecule is COc1ccc(S(=O)(=O)N(C)CC2CC2)c(CCO)c1. The Morgan fingerprint density at radius 1 is 1.40 bits per heavy atom. The number of benzene rings is 1. The van der Waals surface area contributed by atoms with E-state index in [0.717, 1.165) is 12.8 Å². The van der Waals surface area contributed by atoms with Gasteiger partial charge in [0.1, 0.15) is 5.75 Å². The zero-order valence-electron chi connectivity index (χ0n) is 11.9. The predicted molar refractivity (Wildman–Crippen MR) is 76.3 cm³/mol. The molecule has 112 valence electrons. The van der Waals surface area contributed by atoms with Gasteiger partial charge in [-0.1, -0.05) is 0 Å². The molecule has 0 atom stereocenters. The van der Waals surface area contributed by atoms with Gasteiger partial charge in [0.15, 0.2) is 0 Å². The third kappa shape index (κ3) is 3.31. The van der Waals surface area contributed by atoms with E-state index in [0.29, 0.717) is 30.2 Å². The average Bonchev–Trinajstić information content (AvgIpc) is 3.22. The van der Waals surface area contributed by atoms with Crippen molar-refractivity contribution in [2.24, 2.45) is 5.92 Å². The van der Waals surface area contributed by atoms with E-state index < -0.39 is 10.0 Å². The van der Waals surface area contributed by atoms with E-state index in [9.17, 15) is 8.42 Å². The van der Waals surface area contributed by atoms with Gasteiger partial charge in [0, 0.05) is 20.2 Å². The third-order valence-electron chi connectivity index (χ3n) is 3.55. The molecule has 0 heterocycles. The van der Waals surface area contributed by atoms with Crippen molar-refractivity contribution in [1.29, 1.82) is 0 Å². The molecule has 5 nitrogen and oxygen atoms in total. The zero-order chi connectivity index (χ0) is 14.8. The molecule has 2 rings (SSSR count). The van der Waals surface area contributed by atoms with E-state index in [-0.39, 0.29) is 11.5 Å². The van der Waals surface area contributed by atoms with Crippen LogP contribution >= 0.6 is 0 Å². The monoisotopic (exact) mass is 299 g/mol. The lowest BCUT2D eigenvalue weighted by atomic mass is 10.1. The van der Waals surface area contributed by atoms with Gasteiger partial charge in [-0.05, 0) is 48.9 Å². The lowest BCUT2D eigenvalue weighted by Gasteiger charge is -2.19. The smallest absolute Gasteiger partial charge is 0.243 e. The van der Waals surface area contributed by atoms with E-state index in [1.165, 1.54) is 11.4 Å². The summed E-state index contributed by atoms with van der Waals surface area (Å²) in [4.78, 5) is 0.260. The molecule has 1 fully saturated rings. The highest BCUT2D eigenvalue weighted by molar-refractivity contribution is 7.89. The standard InChI is InChI=1S/C14H21NO4S/c1-15(10-11-3-4-11)20(17,18)14-6-5-13(19-2)9-12(14)7-8-16/h5-6,9,11,16H,3-4,7-8,10H2,1-2H3. The number of sulfonamides is 1. The number of nitrogens with zero attached hydrogens (tertiary/aromatic N) is 1. The Labute approximate surface area is 120 Å². The van der Waals surface area contributed by atoms with Crippen LogP contribution in [0.25, 0.3) is 0 Å². The minimum Gasteiger partial charge on any atom is -0.497 e. The van der Waals surface area contributed by atoms with E-state index in [1.807, 2.05) is 0 Å². The molecule has 1 aliphatic rings. The van der Waals surface area contributed by atoms with Crippen LogP contribution in [0.2, 0.25) is 0 Å². The fraction of sp³-hybridized carbons (Fsp3) is 0.571. The zero-order valence-corrected chi connectivity index (χ0v) is 12.7. The number of aliphatic hydroxyl groups is 1. The van der Waals surface area contributed by atoms with Crippen molar-refractivity contribution in [2.75, 3.05) is 27.3 Å². The largest absolute Gasteiger partial charge is 0.497 e. The van der Waals surface area contributed by atoms with Gasteiger partial charge in [-0.2, -0.15) is 0 Å². The highest BCUT2D eigenvalue weighted by atomic mass is 32.2. The Balaban J connectivity index is 2.33. The van der Waals surface area contributed by atoms with Crippen LogP contribution in [-0.4, -0.2) is 45.1 Å². The van der Waals surface area contributed by atoms with Crippen LogP contribution in [0.15, 0.2) is 23.1 Å². The Kier molecular flexibility index (Phi) is 4.67. The van der Waals surface area contributed by atoms with Crippen LogP contribution in [0.4, 0.5) is 0 Å². The number of methoxy groups -OCH3 is 1. The second-order valence-electron chi connectivity index (χ2n) is 5.18. The van der Waals surface area contributed by atoms with Gasteiger partial charge in [0.05, 0.1) is 12.0 Å². The molecule has 1 aromatic rings. The maximum atomic E-state index is 12.6. The van der Waals surface area contributed by atoms with Gasteiger partial charge in [0.2, 0.25) is 10.0 Å². The lowest BCUT2D eigenvalue weighted by molar-refractivity contribution is 0.298. The summed E-state index contributed by atoms with van der Waals surface area (Å²) in [6, 6.07) is 4.87. The predicted octanol–water partition coefficient (Wildman–Crippen LogP) is 1.26. The number of hydrogen-bond acceptors (Lipinski definition) is 4. The molecule has 0 spiro atoms. The molecule has 1 aliphatic carbocycles. The van der Waals surface area contributed by atoms with Gasteiger partial charge in [-0.15, -0.1) is 0 Å². The van der Waals surface area contributed by atoms with Gasteiger partial charge >= 0.3 is 0 Å². The number of ether oxygens (including phenoxy) is 1. The molecule has 0 amide bonds. The normalized spacial score (nSPS) is 15.6. The Hall–Kier alpha value is -1.11. The first kappa shape index (κ1) is 15.3. The fourth-order valence-corrected chi connectivity index (χ4v) is 3.66. The summed E-state index contributed by atoms with van der Waals surface area (Å²) in [7, 11) is -0.360. The van der Waals surface area contributed by atoms with Crippen LogP contribution in [0.3, 0.4) is 0 Å². The van der Waals surface area contributed by atoms with Crippen LogP contribution in [-0.2, 0) is 16.4 Å². The maximum absolute atomic E-state index is 12.6. The Bertz CT molecular complexity index is 567. The topological polar surface area (TPSA) is 66.8 Å². The van der Waals surface area contributed by atoms with Crippen molar-refractivity contribution in [3.05, 3.63) is 23.8 Å². The molecule has 1 N–H and O–H groups in total. The molecule has 6 heteroatoms. The molecule has 1 saturated carbocycles. The van der Waals surface area contributed by atoms with Crippen molar-refractivity contribution in [1.82, 2.24) is 4.31 Å². The van der Waals surface area contributed by atoms with Crippen molar-refractivity contribution in [3.8, 4) is 5.75 Å². The second kappa shape index (κ2) is 6.11. The number of aliphatic hydroxyl groups excluding tert-OH is 1. The molecule has 0 saturated heterocycles. The molecule has 20 heavy (non-hydrogen) atoms. The van der Waals surface area contributed by atoms with E-state index >= 15 is 0 Å². The van der Waals surface area contributed by atoms with E-state index in [4.69, 9.17) is 9.84 Å². The molecule has 0 unspecified atom stereocenters. The Morgan fingerprint density at radius 3 is 2.65 bits per heavy atom. The summed E-state index contributed by atoms with van der Waals surface area (Å²) in [6.07, 6.45) is 2.50. The van der Waals surface area contributed by atoms with Crippen molar-refractivity contribution in [3.63, 3.8) is 0 Å². The summed E-state index contributed by atoms with van der Waals surface area (Å²) in [5, 5.41) is 9.12. The second-order valence-corrected chi connectivity index (χ2v) is 7.19. The molecular formula is C14H21NO4S. The summed E-state index contributed by atoms with van der Waals surface area (Å²) in [5.74, 6) is 1.09. The quantitative estimate of drug-likeness (QED) is 0.823. The van der Waals surface area contributed by atoms with Crippen molar-refractivity contribution in [2.45, 2.75) is 24.2 Å². The lowest BCUT2D eigenvalue weighted by Crippen LogP contribution is -2.29. The fourth-order valence-electron chi connectivity index (χ4n) is 2.18. The van der Waals surface area contributed by atoms with Crippen LogP contribution in [0.5, 0.6) is 5.75 Å². The highest BCUT2D eigenvalue weighted by Crippen LogP contribution is 2.32. The molecule has 0 bridgehead atoms. The van der Waals surface area contributed by atoms with Gasteiger partial charge < -0.3 is 9.84 Å². The molecule has 0 radical (unpaired) electrons. The first-order valence-electron chi connectivity index (χ1n) is 6.73. The first-order chi connectivity index (χ1) is 9.48. The van der Waals surface area contributed by atoms with E-state index in [2.05, 4.69) is 0 Å². The van der Waals surface area contributed by atoms with Gasteiger partial charge in [-0.25, -0.2) is 12.7 Å². The average molecular weight is 299 g/mol. The van der Waals surface area contributed by atoms with Gasteiger partial charge in [-0.3, -0.25) is 0 Å². The van der Waals surface area contributed by atoms with Crippen LogP contribution in [0, 0.1) is 5.92 Å². The van der Waals surface area contributed by atoms with Crippen LogP contribution in [0.1, 0.15) is 18.4 Å². The Morgan fingerprint density at radius 2 is 2.10 bits per heavy atom. The number of hydrogen-bond donors (Lipinski definition) is 1. The molecule has 1 aromatic carbocycles. The third-order valence-corrected chi connectivity index (χ3v) is 5.47. The number of rotatable bonds is 7. The van der Waals surface area contributed by atoms with Crippen molar-refractivity contribution < 1.29 is 18.3 Å². The minimum absolute atomic E-state index is 0.0952. The highest BCUT2D eigenvalue weighted by Gasteiger charge is 2.30. The summed E-state index contributed by atoms with van der Waals surface area (Å²) >= 11 is 0. The van der Waals surface area contributed by atoms with Crippen molar-refractivity contribution >= 4 is 10.0 Å². The summed E-state index contributed by atoms with van der Waals surface area (Å²) in [5.41, 5.74) is 0.592. The summed E-state index contributed by atoms with van der Waals surface area (Å²) in [6.45, 7) is 0.467. The molecule has 0 aromatic heterocycles. The first-order valence-corrected chi connectivity index (χ1v) is 8.17. The molecule has 0 aliphatic heterocycles. The summed E-state index contributed by atoms with van der Waals surface area (Å²) < 4.78 is 31.7. The van der Waals surface area contributed by atoms with E-state index in [1.54, 1.807) is 25.2 Å². The van der Waals surface area contributed by atoms with Crippen LogP contribution < -0.4 is 4.74 Å². The van der Waals surface area contributed by atoms with Gasteiger partial charge in [0.25, 0.3) is 0 Å². The minimum atomic E-state index is -3.51. The maximum Gasteiger partial charge on any atom is 0.243 e. The molecular weight excluding hydrogens is 278 g/mol.